The first kappa shape index (κ1) is 25.8. The summed E-state index contributed by atoms with van der Waals surface area (Å²) >= 11 is 0. The van der Waals surface area contributed by atoms with E-state index in [2.05, 4.69) is 58.2 Å². The molecule has 5 aliphatic heterocycles. The maximum Gasteiger partial charge on any atom is 0.246 e. The summed E-state index contributed by atoms with van der Waals surface area (Å²) in [6.45, 7) is 12.8. The van der Waals surface area contributed by atoms with Gasteiger partial charge in [0.05, 0.1) is 16.9 Å². The number of amides is 1. The quantitative estimate of drug-likeness (QED) is 0.566. The maximum atomic E-state index is 11.8. The summed E-state index contributed by atoms with van der Waals surface area (Å²) in [6, 6.07) is 9.22. The van der Waals surface area contributed by atoms with Crippen LogP contribution in [-0.4, -0.2) is 84.4 Å². The number of pyridine rings is 1. The molecule has 1 amide bonds. The van der Waals surface area contributed by atoms with Gasteiger partial charge in [-0.15, -0.1) is 0 Å². The number of nitrogens with one attached hydrogen (secondary N) is 2. The molecule has 0 saturated carbocycles. The van der Waals surface area contributed by atoms with Gasteiger partial charge >= 0.3 is 0 Å². The van der Waals surface area contributed by atoms with E-state index in [1.807, 2.05) is 11.1 Å². The number of anilines is 3. The summed E-state index contributed by atoms with van der Waals surface area (Å²) in [7, 11) is 0. The van der Waals surface area contributed by atoms with Gasteiger partial charge in [0.1, 0.15) is 24.4 Å². The van der Waals surface area contributed by atoms with Crippen molar-refractivity contribution in [1.29, 1.82) is 0 Å². The number of carbonyl (C=O) groups excluding carboxylic acids is 1. The van der Waals surface area contributed by atoms with Crippen LogP contribution in [-0.2, 0) is 16.1 Å². The molecule has 4 fully saturated rings. The van der Waals surface area contributed by atoms with Crippen LogP contribution in [0.25, 0.3) is 0 Å². The molecular weight excluding hydrogens is 504 g/mol. The Labute approximate surface area is 236 Å². The number of ether oxygens (including phenoxy) is 2. The average molecular weight is 545 g/mol. The monoisotopic (exact) mass is 544 g/mol. The van der Waals surface area contributed by atoms with Gasteiger partial charge < -0.3 is 24.6 Å². The number of carbonyl (C=O) groups is 1. The van der Waals surface area contributed by atoms with Crippen LogP contribution in [0.1, 0.15) is 49.7 Å². The van der Waals surface area contributed by atoms with E-state index in [1.54, 1.807) is 0 Å². The number of hydrogen-bond acceptors (Lipinski definition) is 8. The molecule has 2 N–H and O–H groups in total. The van der Waals surface area contributed by atoms with E-state index >= 15 is 0 Å². The lowest BCUT2D eigenvalue weighted by Gasteiger charge is -2.47. The highest BCUT2D eigenvalue weighted by atomic mass is 16.5. The predicted octanol–water partition coefficient (Wildman–Crippen LogP) is 3.60. The Hall–Kier alpha value is -3.14. The smallest absolute Gasteiger partial charge is 0.246 e. The lowest BCUT2D eigenvalue weighted by atomic mass is 9.88. The Morgan fingerprint density at radius 3 is 2.85 bits per heavy atom. The van der Waals surface area contributed by atoms with Crippen molar-refractivity contribution < 1.29 is 14.3 Å². The molecule has 5 aliphatic rings. The fourth-order valence-corrected chi connectivity index (χ4v) is 7.13. The summed E-state index contributed by atoms with van der Waals surface area (Å²) in [5.74, 6) is 2.30. The number of aromatic nitrogens is 1. The molecule has 6 heterocycles. The van der Waals surface area contributed by atoms with Crippen molar-refractivity contribution in [3.63, 3.8) is 0 Å². The minimum atomic E-state index is -0.151. The predicted molar refractivity (Wildman–Crippen MR) is 155 cm³/mol. The average Bonchev–Trinajstić information content (AvgIpc) is 3.23. The molecule has 0 aliphatic carbocycles. The first-order valence-electron chi connectivity index (χ1n) is 14.8. The first-order valence-corrected chi connectivity index (χ1v) is 14.8. The number of piperidine rings is 1. The second kappa shape index (κ2) is 10.4. The van der Waals surface area contributed by atoms with E-state index in [0.29, 0.717) is 18.6 Å². The molecule has 2 aromatic rings. The van der Waals surface area contributed by atoms with E-state index in [0.717, 1.165) is 94.3 Å². The molecule has 0 spiro atoms. The third kappa shape index (κ3) is 4.84. The Morgan fingerprint density at radius 1 is 1.18 bits per heavy atom. The van der Waals surface area contributed by atoms with Crippen LogP contribution in [0.5, 0.6) is 5.75 Å². The highest BCUT2D eigenvalue weighted by Crippen LogP contribution is 2.41. The summed E-state index contributed by atoms with van der Waals surface area (Å²) in [5, 5.41) is 7.19. The number of nitrogens with zero attached hydrogens (tertiary/aromatic N) is 4. The minimum absolute atomic E-state index is 0.0446. The fraction of sp³-hybridized carbons (Fsp3) is 0.548. The highest BCUT2D eigenvalue weighted by Gasteiger charge is 2.40. The number of benzene rings is 1. The summed E-state index contributed by atoms with van der Waals surface area (Å²) < 4.78 is 12.7. The molecular formula is C31H40N6O3. The molecule has 212 valence electrons. The number of hydrogen-bond donors (Lipinski definition) is 2. The third-order valence-electron chi connectivity index (χ3n) is 9.51. The van der Waals surface area contributed by atoms with Gasteiger partial charge in [0.25, 0.3) is 0 Å². The van der Waals surface area contributed by atoms with Crippen LogP contribution < -0.4 is 20.3 Å². The van der Waals surface area contributed by atoms with Crippen molar-refractivity contribution in [2.24, 2.45) is 0 Å². The molecule has 4 saturated heterocycles. The lowest BCUT2D eigenvalue weighted by molar-refractivity contribution is -0.133. The van der Waals surface area contributed by atoms with Crippen molar-refractivity contribution in [3.8, 4) is 5.75 Å². The second-order valence-electron chi connectivity index (χ2n) is 12.2. The van der Waals surface area contributed by atoms with Gasteiger partial charge in [-0.2, -0.15) is 0 Å². The Bertz CT molecular complexity index is 1290. The van der Waals surface area contributed by atoms with Gasteiger partial charge in [0.2, 0.25) is 5.91 Å². The molecule has 0 radical (unpaired) electrons. The third-order valence-corrected chi connectivity index (χ3v) is 9.51. The molecule has 40 heavy (non-hydrogen) atoms. The molecule has 9 nitrogen and oxygen atoms in total. The standard InChI is InChI=1S/C31H40N6O3/c1-3-29(38)37-17-23(18-37)35-13-8-21(9-14-35)22-4-5-27-25(16-22)34-30-24(19-39-27)26(7-11-33-30)36-15-12-32-28-6-10-31(2,20-36)40-28/h3-5,7,11,16,21,23,28,32H,1,6,8-10,12-15,17-20H2,2H3,(H,33,34). The molecule has 1 aromatic heterocycles. The van der Waals surface area contributed by atoms with Gasteiger partial charge in [-0.3, -0.25) is 15.0 Å². The van der Waals surface area contributed by atoms with E-state index in [4.69, 9.17) is 14.5 Å². The van der Waals surface area contributed by atoms with Crippen molar-refractivity contribution in [1.82, 2.24) is 20.1 Å². The van der Waals surface area contributed by atoms with Gasteiger partial charge in [-0.25, -0.2) is 4.98 Å². The first-order chi connectivity index (χ1) is 19.5. The van der Waals surface area contributed by atoms with E-state index in [1.165, 1.54) is 17.3 Å². The zero-order valence-electron chi connectivity index (χ0n) is 23.4. The van der Waals surface area contributed by atoms with E-state index in [-0.39, 0.29) is 17.7 Å². The Morgan fingerprint density at radius 2 is 2.02 bits per heavy atom. The van der Waals surface area contributed by atoms with Crippen LogP contribution in [0.2, 0.25) is 0 Å². The zero-order valence-corrected chi connectivity index (χ0v) is 23.4. The van der Waals surface area contributed by atoms with Gasteiger partial charge in [-0.1, -0.05) is 12.6 Å². The van der Waals surface area contributed by atoms with Crippen molar-refractivity contribution >= 4 is 23.1 Å². The Balaban J connectivity index is 1.04. The molecule has 2 atom stereocenters. The van der Waals surface area contributed by atoms with Gasteiger partial charge in [0.15, 0.2) is 0 Å². The van der Waals surface area contributed by atoms with E-state index < -0.39 is 0 Å². The second-order valence-corrected chi connectivity index (χ2v) is 12.2. The van der Waals surface area contributed by atoms with Crippen molar-refractivity contribution in [2.75, 3.05) is 56.0 Å². The molecule has 7 rings (SSSR count). The summed E-state index contributed by atoms with van der Waals surface area (Å²) in [6.07, 6.45) is 7.87. The van der Waals surface area contributed by atoms with Gasteiger partial charge in [-0.05, 0) is 81.5 Å². The van der Waals surface area contributed by atoms with Crippen LogP contribution in [0, 0.1) is 0 Å². The van der Waals surface area contributed by atoms with Crippen molar-refractivity contribution in [3.05, 3.63) is 54.2 Å². The van der Waals surface area contributed by atoms with Crippen molar-refractivity contribution in [2.45, 2.75) is 63.0 Å². The topological polar surface area (TPSA) is 82.2 Å². The minimum Gasteiger partial charge on any atom is -0.487 e. The Kier molecular flexibility index (Phi) is 6.68. The normalized spacial score (nSPS) is 27.3. The van der Waals surface area contributed by atoms with Crippen LogP contribution in [0.4, 0.5) is 17.2 Å². The largest absolute Gasteiger partial charge is 0.487 e. The number of rotatable bonds is 4. The van der Waals surface area contributed by atoms with Gasteiger partial charge in [0, 0.05) is 50.6 Å². The lowest BCUT2D eigenvalue weighted by Crippen LogP contribution is -2.61. The summed E-state index contributed by atoms with van der Waals surface area (Å²) in [4.78, 5) is 23.4. The summed E-state index contributed by atoms with van der Waals surface area (Å²) in [5.41, 5.74) is 4.45. The maximum absolute atomic E-state index is 11.8. The van der Waals surface area contributed by atoms with E-state index in [9.17, 15) is 4.79 Å². The molecule has 9 heteroatoms. The number of fused-ring (bicyclic) bond motifs is 4. The fourth-order valence-electron chi connectivity index (χ4n) is 7.13. The van der Waals surface area contributed by atoms with Crippen LogP contribution >= 0.6 is 0 Å². The zero-order chi connectivity index (χ0) is 27.3. The molecule has 2 unspecified atom stereocenters. The van der Waals surface area contributed by atoms with Crippen LogP contribution in [0.15, 0.2) is 43.1 Å². The number of likely N-dealkylation sites (tertiary alicyclic amines) is 2. The molecule has 2 bridgehead atoms. The highest BCUT2D eigenvalue weighted by molar-refractivity contribution is 5.87. The molecule has 1 aromatic carbocycles. The SMILES string of the molecule is C=CC(=O)N1CC(N2CCC(c3ccc4c(c3)Nc3nccc(N5CCNC6CCC(C)(C5)O6)c3CO4)CC2)C1. The van der Waals surface area contributed by atoms with Crippen LogP contribution in [0.3, 0.4) is 0 Å².